The van der Waals surface area contributed by atoms with Crippen LogP contribution in [0.5, 0.6) is 5.75 Å². The molecule has 1 aliphatic heterocycles. The summed E-state index contributed by atoms with van der Waals surface area (Å²) in [6.07, 6.45) is 1.49. The number of tetrazole rings is 1. The second kappa shape index (κ2) is 10.9. The molecular formula is C25H29N7O5. The third kappa shape index (κ3) is 5.11. The van der Waals surface area contributed by atoms with Crippen molar-refractivity contribution in [3.63, 3.8) is 0 Å². The molecule has 12 heteroatoms. The number of rotatable bonds is 9. The Kier molecular flexibility index (Phi) is 7.28. The number of benzene rings is 1. The fraction of sp³-hybridized carbons (Fsp3) is 0.400. The Morgan fingerprint density at radius 1 is 1.19 bits per heavy atom. The summed E-state index contributed by atoms with van der Waals surface area (Å²) in [5, 5.41) is 13.2. The van der Waals surface area contributed by atoms with E-state index in [4.69, 9.17) is 13.9 Å². The molecule has 5 rings (SSSR count). The fourth-order valence-electron chi connectivity index (χ4n) is 4.64. The molecule has 1 saturated heterocycles. The first-order valence-corrected chi connectivity index (χ1v) is 12.2. The molecule has 1 aliphatic rings. The van der Waals surface area contributed by atoms with Crippen molar-refractivity contribution in [2.24, 2.45) is 0 Å². The summed E-state index contributed by atoms with van der Waals surface area (Å²) in [6, 6.07) is 10.3. The third-order valence-electron chi connectivity index (χ3n) is 6.46. The first-order chi connectivity index (χ1) is 18.1. The minimum Gasteiger partial charge on any atom is -0.494 e. The van der Waals surface area contributed by atoms with E-state index in [1.54, 1.807) is 28.8 Å². The zero-order valence-corrected chi connectivity index (χ0v) is 20.8. The van der Waals surface area contributed by atoms with Gasteiger partial charge < -0.3 is 23.8 Å². The lowest BCUT2D eigenvalue weighted by Crippen LogP contribution is -2.50. The van der Waals surface area contributed by atoms with Gasteiger partial charge in [0.25, 0.3) is 11.5 Å². The van der Waals surface area contributed by atoms with E-state index in [9.17, 15) is 9.59 Å². The number of pyridine rings is 1. The van der Waals surface area contributed by atoms with E-state index >= 15 is 0 Å². The normalized spacial score (nSPS) is 15.2. The van der Waals surface area contributed by atoms with Crippen molar-refractivity contribution in [2.75, 3.05) is 46.5 Å². The molecule has 4 aromatic rings. The van der Waals surface area contributed by atoms with Gasteiger partial charge in [-0.1, -0.05) is 0 Å². The Morgan fingerprint density at radius 2 is 2.03 bits per heavy atom. The van der Waals surface area contributed by atoms with Gasteiger partial charge in [-0.2, -0.15) is 0 Å². The number of amides is 1. The topological polar surface area (TPSA) is 132 Å². The van der Waals surface area contributed by atoms with Crippen molar-refractivity contribution in [3.05, 3.63) is 70.2 Å². The molecule has 3 aromatic heterocycles. The number of nitrogens with one attached hydrogen (secondary N) is 1. The molecule has 1 aromatic carbocycles. The second-order valence-electron chi connectivity index (χ2n) is 8.70. The minimum atomic E-state index is -0.531. The molecule has 37 heavy (non-hydrogen) atoms. The van der Waals surface area contributed by atoms with E-state index in [-0.39, 0.29) is 11.5 Å². The monoisotopic (exact) mass is 507 g/mol. The van der Waals surface area contributed by atoms with Gasteiger partial charge >= 0.3 is 0 Å². The molecule has 0 radical (unpaired) electrons. The highest BCUT2D eigenvalue weighted by atomic mass is 16.5. The molecule has 0 bridgehead atoms. The van der Waals surface area contributed by atoms with Crippen molar-refractivity contribution in [1.29, 1.82) is 0 Å². The highest BCUT2D eigenvalue weighted by Gasteiger charge is 2.34. The predicted molar refractivity (Wildman–Crippen MR) is 133 cm³/mol. The van der Waals surface area contributed by atoms with Crippen LogP contribution < -0.4 is 10.3 Å². The van der Waals surface area contributed by atoms with Gasteiger partial charge in [0.2, 0.25) is 0 Å². The number of aromatic amines is 1. The zero-order chi connectivity index (χ0) is 25.8. The Morgan fingerprint density at radius 3 is 2.76 bits per heavy atom. The minimum absolute atomic E-state index is 0.155. The number of fused-ring (bicyclic) bond motifs is 1. The van der Waals surface area contributed by atoms with Crippen LogP contribution in [0.2, 0.25) is 0 Å². The summed E-state index contributed by atoms with van der Waals surface area (Å²) in [7, 11) is 1.61. The van der Waals surface area contributed by atoms with Gasteiger partial charge in [-0.25, -0.2) is 4.68 Å². The third-order valence-corrected chi connectivity index (χ3v) is 6.46. The van der Waals surface area contributed by atoms with Crippen LogP contribution in [0.25, 0.3) is 10.9 Å². The van der Waals surface area contributed by atoms with E-state index in [2.05, 4.69) is 25.4 Å². The van der Waals surface area contributed by atoms with Crippen molar-refractivity contribution in [2.45, 2.75) is 19.5 Å². The van der Waals surface area contributed by atoms with Crippen LogP contribution in [-0.2, 0) is 11.3 Å². The van der Waals surface area contributed by atoms with E-state index in [0.29, 0.717) is 68.6 Å². The van der Waals surface area contributed by atoms with Crippen LogP contribution in [0.15, 0.2) is 51.9 Å². The summed E-state index contributed by atoms with van der Waals surface area (Å²) in [4.78, 5) is 33.1. The molecule has 1 unspecified atom stereocenters. The van der Waals surface area contributed by atoms with E-state index in [1.165, 1.54) is 6.26 Å². The molecule has 0 aliphatic carbocycles. The molecule has 1 N–H and O–H groups in total. The molecule has 4 heterocycles. The standard InChI is InChI=1S/C25H29N7O5/c1-3-36-18-6-7-20-17(15-18)16-19(24(33)26-20)22(23-27-28-29-32(23)12-14-35-2)30-8-10-31(11-9-30)25(34)21-5-4-13-37-21/h4-7,13,15-16,22H,3,8-12,14H2,1-2H3,(H,26,33). The van der Waals surface area contributed by atoms with Gasteiger partial charge in [0.1, 0.15) is 11.8 Å². The first kappa shape index (κ1) is 24.7. The van der Waals surface area contributed by atoms with Crippen molar-refractivity contribution < 1.29 is 18.7 Å². The average Bonchev–Trinajstić information content (AvgIpc) is 3.61. The van der Waals surface area contributed by atoms with Gasteiger partial charge in [0.05, 0.1) is 26.0 Å². The van der Waals surface area contributed by atoms with E-state index < -0.39 is 6.04 Å². The van der Waals surface area contributed by atoms with Gasteiger partial charge in [0, 0.05) is 49.8 Å². The highest BCUT2D eigenvalue weighted by Crippen LogP contribution is 2.29. The highest BCUT2D eigenvalue weighted by molar-refractivity contribution is 5.91. The number of ether oxygens (including phenoxy) is 2. The number of H-pyrrole nitrogens is 1. The average molecular weight is 508 g/mol. The van der Waals surface area contributed by atoms with Crippen LogP contribution in [0, 0.1) is 0 Å². The Hall–Kier alpha value is -4.03. The van der Waals surface area contributed by atoms with Crippen molar-refractivity contribution >= 4 is 16.8 Å². The van der Waals surface area contributed by atoms with Gasteiger partial charge in [0.15, 0.2) is 11.6 Å². The number of hydrogen-bond donors (Lipinski definition) is 1. The number of carbonyl (C=O) groups excluding carboxylic acids is 1. The number of piperazine rings is 1. The quantitative estimate of drug-likeness (QED) is 0.359. The maximum absolute atomic E-state index is 13.4. The SMILES string of the molecule is CCOc1ccc2[nH]c(=O)c(C(c3nnnn3CCOC)N3CCN(C(=O)c4ccco4)CC3)cc2c1. The molecule has 1 fully saturated rings. The van der Waals surface area contributed by atoms with Crippen LogP contribution in [-0.4, -0.2) is 87.4 Å². The second-order valence-corrected chi connectivity index (χ2v) is 8.70. The Bertz CT molecular complexity index is 1410. The molecule has 194 valence electrons. The Balaban J connectivity index is 1.50. The Labute approximate surface area is 212 Å². The molecular weight excluding hydrogens is 478 g/mol. The largest absolute Gasteiger partial charge is 0.494 e. The van der Waals surface area contributed by atoms with Crippen LogP contribution in [0.1, 0.15) is 34.9 Å². The summed E-state index contributed by atoms with van der Waals surface area (Å²) < 4.78 is 17.8. The van der Waals surface area contributed by atoms with Crippen LogP contribution in [0.4, 0.5) is 0 Å². The van der Waals surface area contributed by atoms with Crippen LogP contribution in [0.3, 0.4) is 0 Å². The van der Waals surface area contributed by atoms with Gasteiger partial charge in [-0.3, -0.25) is 14.5 Å². The number of methoxy groups -OCH3 is 1. The lowest BCUT2D eigenvalue weighted by atomic mass is 10.0. The molecule has 0 spiro atoms. The number of furan rings is 1. The summed E-state index contributed by atoms with van der Waals surface area (Å²) >= 11 is 0. The number of carbonyl (C=O) groups is 1. The first-order valence-electron chi connectivity index (χ1n) is 12.2. The lowest BCUT2D eigenvalue weighted by molar-refractivity contribution is 0.0557. The number of hydrogen-bond acceptors (Lipinski definition) is 9. The molecule has 1 atom stereocenters. The zero-order valence-electron chi connectivity index (χ0n) is 20.8. The van der Waals surface area contributed by atoms with Gasteiger partial charge in [-0.15, -0.1) is 5.10 Å². The lowest BCUT2D eigenvalue weighted by Gasteiger charge is -2.38. The summed E-state index contributed by atoms with van der Waals surface area (Å²) in [5.41, 5.74) is 1.00. The van der Waals surface area contributed by atoms with E-state index in [0.717, 1.165) is 11.1 Å². The van der Waals surface area contributed by atoms with Crippen LogP contribution >= 0.6 is 0 Å². The van der Waals surface area contributed by atoms with Gasteiger partial charge in [-0.05, 0) is 53.7 Å². The number of aromatic nitrogens is 5. The maximum Gasteiger partial charge on any atom is 0.289 e. The molecule has 12 nitrogen and oxygen atoms in total. The fourth-order valence-corrected chi connectivity index (χ4v) is 4.64. The van der Waals surface area contributed by atoms with Crippen molar-refractivity contribution in [1.82, 2.24) is 35.0 Å². The van der Waals surface area contributed by atoms with E-state index in [1.807, 2.05) is 31.2 Å². The summed E-state index contributed by atoms with van der Waals surface area (Å²) in [5.74, 6) is 1.41. The predicted octanol–water partition coefficient (Wildman–Crippen LogP) is 1.70. The molecule has 1 amide bonds. The summed E-state index contributed by atoms with van der Waals surface area (Å²) in [6.45, 7) is 5.29. The van der Waals surface area contributed by atoms with Crippen molar-refractivity contribution in [3.8, 4) is 5.75 Å². The molecule has 0 saturated carbocycles. The maximum atomic E-state index is 13.4. The number of nitrogens with zero attached hydrogens (tertiary/aromatic N) is 6. The smallest absolute Gasteiger partial charge is 0.289 e.